The number of aliphatic hydroxyl groups is 1. The maximum absolute atomic E-state index is 12.2. The summed E-state index contributed by atoms with van der Waals surface area (Å²) in [6.07, 6.45) is 12.0. The second-order valence-electron chi connectivity index (χ2n) is 11.3. The Bertz CT molecular complexity index is 554. The molecule has 0 amide bonds. The van der Waals surface area contributed by atoms with Crippen molar-refractivity contribution in [2.75, 3.05) is 0 Å². The fourth-order valence-electron chi connectivity index (χ4n) is 8.58. The summed E-state index contributed by atoms with van der Waals surface area (Å²) < 4.78 is 0. The molecule has 0 aromatic carbocycles. The fraction of sp³-hybridized carbons (Fsp3) is 0.958. The van der Waals surface area contributed by atoms with Gasteiger partial charge in [0, 0.05) is 5.92 Å². The number of hydrogen-bond acceptors (Lipinski definition) is 2. The van der Waals surface area contributed by atoms with E-state index in [9.17, 15) is 9.90 Å². The van der Waals surface area contributed by atoms with Crippen molar-refractivity contribution >= 4 is 5.78 Å². The normalized spacial score (nSPS) is 50.8. The van der Waals surface area contributed by atoms with E-state index < -0.39 is 5.60 Å². The minimum absolute atomic E-state index is 0.285. The molecule has 4 rings (SSSR count). The third kappa shape index (κ3) is 2.99. The molecule has 0 bridgehead atoms. The number of fused-ring (bicyclic) bond motifs is 5. The average molecular weight is 361 g/mol. The lowest BCUT2D eigenvalue weighted by Gasteiger charge is -2.57. The van der Waals surface area contributed by atoms with E-state index >= 15 is 0 Å². The lowest BCUT2D eigenvalue weighted by molar-refractivity contribution is -0.131. The van der Waals surface area contributed by atoms with Gasteiger partial charge in [-0.15, -0.1) is 0 Å². The van der Waals surface area contributed by atoms with Crippen LogP contribution < -0.4 is 0 Å². The minimum atomic E-state index is -0.390. The highest BCUT2D eigenvalue weighted by Gasteiger charge is 2.58. The Morgan fingerprint density at radius 1 is 1.00 bits per heavy atom. The van der Waals surface area contributed by atoms with E-state index in [-0.39, 0.29) is 5.41 Å². The minimum Gasteiger partial charge on any atom is -0.390 e. The summed E-state index contributed by atoms with van der Waals surface area (Å²) in [7, 11) is 0. The molecule has 0 aromatic rings. The van der Waals surface area contributed by atoms with E-state index in [1.165, 1.54) is 38.5 Å². The monoisotopic (exact) mass is 360 g/mol. The van der Waals surface area contributed by atoms with Crippen molar-refractivity contribution in [2.45, 2.75) is 97.5 Å². The van der Waals surface area contributed by atoms with E-state index in [0.717, 1.165) is 55.3 Å². The molecule has 0 aliphatic heterocycles. The molecule has 0 unspecified atom stereocenters. The highest BCUT2D eigenvalue weighted by molar-refractivity contribution is 5.79. The predicted octanol–water partition coefficient (Wildman–Crippen LogP) is 5.62. The number of rotatable bonds is 3. The van der Waals surface area contributed by atoms with Gasteiger partial charge in [-0.05, 0) is 112 Å². The van der Waals surface area contributed by atoms with Crippen molar-refractivity contribution in [3.8, 4) is 0 Å². The van der Waals surface area contributed by atoms with Crippen molar-refractivity contribution in [1.29, 1.82) is 0 Å². The van der Waals surface area contributed by atoms with Gasteiger partial charge < -0.3 is 5.11 Å². The molecule has 4 fully saturated rings. The van der Waals surface area contributed by atoms with Gasteiger partial charge in [-0.25, -0.2) is 0 Å². The van der Waals surface area contributed by atoms with Crippen LogP contribution in [0.2, 0.25) is 0 Å². The van der Waals surface area contributed by atoms with Crippen LogP contribution in [0.3, 0.4) is 0 Å². The van der Waals surface area contributed by atoms with Crippen LogP contribution in [0.15, 0.2) is 0 Å². The van der Waals surface area contributed by atoms with Crippen LogP contribution >= 0.6 is 0 Å². The summed E-state index contributed by atoms with van der Waals surface area (Å²) in [6, 6.07) is 0. The lowest BCUT2D eigenvalue weighted by atomic mass is 9.48. The molecule has 0 aromatic heterocycles. The van der Waals surface area contributed by atoms with Crippen LogP contribution in [0.1, 0.15) is 91.9 Å². The third-order valence-corrected chi connectivity index (χ3v) is 9.38. The van der Waals surface area contributed by atoms with Crippen LogP contribution in [0, 0.1) is 46.8 Å². The molecule has 2 heteroatoms. The Balaban J connectivity index is 1.49. The molecule has 26 heavy (non-hydrogen) atoms. The summed E-state index contributed by atoms with van der Waals surface area (Å²) in [5.41, 5.74) is -0.106. The van der Waals surface area contributed by atoms with E-state index in [4.69, 9.17) is 0 Å². The maximum Gasteiger partial charge on any atom is 0.133 e. The zero-order valence-corrected chi connectivity index (χ0v) is 17.5. The van der Waals surface area contributed by atoms with Crippen LogP contribution in [-0.2, 0) is 4.79 Å². The molecular weight excluding hydrogens is 320 g/mol. The smallest absolute Gasteiger partial charge is 0.133 e. The molecule has 0 radical (unpaired) electrons. The van der Waals surface area contributed by atoms with E-state index in [1.54, 1.807) is 0 Å². The highest BCUT2D eigenvalue weighted by Crippen LogP contribution is 2.64. The number of carbonyl (C=O) groups is 1. The Morgan fingerprint density at radius 3 is 2.42 bits per heavy atom. The van der Waals surface area contributed by atoms with Gasteiger partial charge in [0.2, 0.25) is 0 Å². The number of Topliss-reactive ketones (excluding diaryl/α,β-unsaturated/α-hetero) is 1. The van der Waals surface area contributed by atoms with E-state index in [0.29, 0.717) is 17.6 Å². The fourth-order valence-corrected chi connectivity index (χ4v) is 8.58. The van der Waals surface area contributed by atoms with Crippen molar-refractivity contribution in [2.24, 2.45) is 46.8 Å². The van der Waals surface area contributed by atoms with Gasteiger partial charge >= 0.3 is 0 Å². The molecule has 1 N–H and O–H groups in total. The summed E-state index contributed by atoms with van der Waals surface area (Å²) in [6.45, 7) is 8.77. The van der Waals surface area contributed by atoms with Crippen LogP contribution in [-0.4, -0.2) is 16.5 Å². The highest BCUT2D eigenvalue weighted by atomic mass is 16.3. The van der Waals surface area contributed by atoms with Crippen LogP contribution in [0.25, 0.3) is 0 Å². The molecule has 4 saturated carbocycles. The van der Waals surface area contributed by atoms with Gasteiger partial charge in [0.05, 0.1) is 5.60 Å². The predicted molar refractivity (Wildman–Crippen MR) is 106 cm³/mol. The van der Waals surface area contributed by atoms with Gasteiger partial charge in [0.15, 0.2) is 0 Å². The molecule has 4 aliphatic carbocycles. The van der Waals surface area contributed by atoms with Crippen molar-refractivity contribution < 1.29 is 9.90 Å². The second-order valence-corrected chi connectivity index (χ2v) is 11.3. The number of ketones is 1. The van der Waals surface area contributed by atoms with E-state index in [1.807, 2.05) is 6.92 Å². The zero-order chi connectivity index (χ0) is 18.7. The van der Waals surface area contributed by atoms with Crippen LogP contribution in [0.5, 0.6) is 0 Å². The first-order valence-electron chi connectivity index (χ1n) is 11.5. The molecule has 2 nitrogen and oxygen atoms in total. The quantitative estimate of drug-likeness (QED) is 0.709. The average Bonchev–Trinajstić information content (AvgIpc) is 2.90. The third-order valence-electron chi connectivity index (χ3n) is 9.38. The molecule has 8 atom stereocenters. The summed E-state index contributed by atoms with van der Waals surface area (Å²) >= 11 is 0. The van der Waals surface area contributed by atoms with Gasteiger partial charge in [0.1, 0.15) is 5.78 Å². The van der Waals surface area contributed by atoms with E-state index in [2.05, 4.69) is 20.8 Å². The first-order chi connectivity index (χ1) is 12.2. The summed E-state index contributed by atoms with van der Waals surface area (Å²) in [5, 5.41) is 11.1. The Morgan fingerprint density at radius 2 is 1.73 bits per heavy atom. The standard InChI is InChI=1S/C24H40O2/c1-15(2)13-24(26)12-10-18-17(14-24)5-6-20-19(18)9-11-23(4)21(16(3)25)7-8-22(20)23/h15,17-22,26H,5-14H2,1-4H3/t17-,18+,19-,20-,21-,22+,23-,24+/m1/s1. The molecule has 0 heterocycles. The van der Waals surface area contributed by atoms with Gasteiger partial charge in [-0.1, -0.05) is 20.8 Å². The number of carbonyl (C=O) groups excluding carboxylic acids is 1. The summed E-state index contributed by atoms with van der Waals surface area (Å²) in [5.74, 6) is 5.48. The number of hydrogen-bond donors (Lipinski definition) is 1. The molecule has 148 valence electrons. The molecule has 0 saturated heterocycles. The first-order valence-corrected chi connectivity index (χ1v) is 11.5. The largest absolute Gasteiger partial charge is 0.390 e. The Labute approximate surface area is 160 Å². The lowest BCUT2D eigenvalue weighted by Crippen LogP contribution is -2.51. The Kier molecular flexibility index (Phi) is 4.82. The second kappa shape index (κ2) is 6.61. The van der Waals surface area contributed by atoms with Gasteiger partial charge in [-0.2, -0.15) is 0 Å². The van der Waals surface area contributed by atoms with Gasteiger partial charge in [0.25, 0.3) is 0 Å². The maximum atomic E-state index is 12.2. The first kappa shape index (κ1) is 19.0. The molecular formula is C24H40O2. The molecule has 0 spiro atoms. The summed E-state index contributed by atoms with van der Waals surface area (Å²) in [4.78, 5) is 12.2. The van der Waals surface area contributed by atoms with Crippen molar-refractivity contribution in [1.82, 2.24) is 0 Å². The topological polar surface area (TPSA) is 37.3 Å². The molecule has 4 aliphatic rings. The Hall–Kier alpha value is -0.370. The van der Waals surface area contributed by atoms with Gasteiger partial charge in [-0.3, -0.25) is 4.79 Å². The van der Waals surface area contributed by atoms with Crippen LogP contribution in [0.4, 0.5) is 0 Å². The zero-order valence-electron chi connectivity index (χ0n) is 17.5. The SMILES string of the molecule is CC(=O)[C@H]1CC[C@H]2[C@@H]3CC[C@@H]4C[C@@](O)(CC(C)C)CC[C@@H]4[C@H]3CC[C@]12C. The van der Waals surface area contributed by atoms with Crippen molar-refractivity contribution in [3.05, 3.63) is 0 Å². The van der Waals surface area contributed by atoms with Crippen molar-refractivity contribution in [3.63, 3.8) is 0 Å².